The van der Waals surface area contributed by atoms with E-state index in [2.05, 4.69) is 10.3 Å². The Labute approximate surface area is 142 Å². The van der Waals surface area contributed by atoms with Crippen LogP contribution < -0.4 is 5.32 Å². The van der Waals surface area contributed by atoms with Gasteiger partial charge in [-0.3, -0.25) is 4.79 Å². The molecule has 1 atom stereocenters. The minimum Gasteiger partial charge on any atom is -0.344 e. The molecule has 8 heteroatoms. The molecule has 2 aromatic rings. The molecule has 3 rings (SSSR count). The molecule has 120 valence electrons. The third-order valence-electron chi connectivity index (χ3n) is 3.34. The fourth-order valence-electron chi connectivity index (χ4n) is 2.22. The maximum absolute atomic E-state index is 12.3. The molecule has 5 nitrogen and oxygen atoms in total. The first-order valence-electron chi connectivity index (χ1n) is 6.79. The SMILES string of the molecule is Cc1nc(-c2ccc(Cl)cc2)sc1C(=O)NC1C=CS(=O)(=O)C1. The smallest absolute Gasteiger partial charge is 0.263 e. The van der Waals surface area contributed by atoms with Crippen molar-refractivity contribution in [1.29, 1.82) is 0 Å². The van der Waals surface area contributed by atoms with Gasteiger partial charge in [-0.15, -0.1) is 11.3 Å². The molecule has 0 bridgehead atoms. The van der Waals surface area contributed by atoms with Crippen molar-refractivity contribution in [2.24, 2.45) is 0 Å². The second kappa shape index (κ2) is 6.07. The summed E-state index contributed by atoms with van der Waals surface area (Å²) in [6.07, 6.45) is 1.49. The average molecular weight is 369 g/mol. The van der Waals surface area contributed by atoms with Gasteiger partial charge in [0.25, 0.3) is 5.91 Å². The number of aryl methyl sites for hydroxylation is 1. The first-order valence-corrected chi connectivity index (χ1v) is 9.70. The third-order valence-corrected chi connectivity index (χ3v) is 6.19. The predicted molar refractivity (Wildman–Crippen MR) is 91.5 cm³/mol. The van der Waals surface area contributed by atoms with Gasteiger partial charge in [0.15, 0.2) is 9.84 Å². The molecule has 1 aliphatic heterocycles. The molecule has 0 spiro atoms. The number of amides is 1. The van der Waals surface area contributed by atoms with E-state index >= 15 is 0 Å². The monoisotopic (exact) mass is 368 g/mol. The molecule has 0 radical (unpaired) electrons. The summed E-state index contributed by atoms with van der Waals surface area (Å²) in [6.45, 7) is 1.76. The molecule has 1 aliphatic rings. The zero-order valence-corrected chi connectivity index (χ0v) is 14.5. The van der Waals surface area contributed by atoms with Crippen molar-refractivity contribution in [2.75, 3.05) is 5.75 Å². The molecule has 1 N–H and O–H groups in total. The Morgan fingerprint density at radius 2 is 2.04 bits per heavy atom. The minimum absolute atomic E-state index is 0.0966. The quantitative estimate of drug-likeness (QED) is 0.903. The largest absolute Gasteiger partial charge is 0.344 e. The number of aromatic nitrogens is 1. The van der Waals surface area contributed by atoms with E-state index in [0.717, 1.165) is 16.0 Å². The molecule has 23 heavy (non-hydrogen) atoms. The lowest BCUT2D eigenvalue weighted by Crippen LogP contribution is -2.35. The summed E-state index contributed by atoms with van der Waals surface area (Å²) in [6, 6.07) is 6.72. The van der Waals surface area contributed by atoms with E-state index in [1.165, 1.54) is 17.4 Å². The standard InChI is InChI=1S/C15H13ClN2O3S2/c1-9-13(14(19)18-12-6-7-23(20,21)8-12)22-15(17-9)10-2-4-11(16)5-3-10/h2-7,12H,8H2,1H3,(H,18,19). The lowest BCUT2D eigenvalue weighted by Gasteiger charge is -2.08. The topological polar surface area (TPSA) is 76.1 Å². The number of nitrogens with one attached hydrogen (secondary N) is 1. The summed E-state index contributed by atoms with van der Waals surface area (Å²) in [5.41, 5.74) is 1.49. The zero-order chi connectivity index (χ0) is 16.6. The van der Waals surface area contributed by atoms with Crippen LogP contribution in [0.1, 0.15) is 15.4 Å². The minimum atomic E-state index is -3.20. The molecule has 0 fully saturated rings. The Kier molecular flexibility index (Phi) is 4.27. The highest BCUT2D eigenvalue weighted by atomic mass is 35.5. The lowest BCUT2D eigenvalue weighted by molar-refractivity contribution is 0.0951. The van der Waals surface area contributed by atoms with Gasteiger partial charge in [-0.1, -0.05) is 23.7 Å². The zero-order valence-electron chi connectivity index (χ0n) is 12.1. The van der Waals surface area contributed by atoms with Crippen molar-refractivity contribution in [3.05, 3.63) is 51.3 Å². The van der Waals surface area contributed by atoms with Crippen LogP contribution in [0, 0.1) is 6.92 Å². The van der Waals surface area contributed by atoms with E-state index in [1.54, 1.807) is 19.1 Å². The van der Waals surface area contributed by atoms with E-state index < -0.39 is 15.9 Å². The van der Waals surface area contributed by atoms with Crippen LogP contribution in [0.4, 0.5) is 0 Å². The summed E-state index contributed by atoms with van der Waals surface area (Å²) in [5.74, 6) is -0.410. The first-order chi connectivity index (χ1) is 10.8. The number of halogens is 1. The van der Waals surface area contributed by atoms with Crippen LogP contribution in [0.5, 0.6) is 0 Å². The highest BCUT2D eigenvalue weighted by molar-refractivity contribution is 7.94. The fourth-order valence-corrected chi connectivity index (χ4v) is 4.56. The van der Waals surface area contributed by atoms with Crippen molar-refractivity contribution in [1.82, 2.24) is 10.3 Å². The van der Waals surface area contributed by atoms with Crippen LogP contribution in [-0.2, 0) is 9.84 Å². The number of benzene rings is 1. The Balaban J connectivity index is 1.79. The van der Waals surface area contributed by atoms with E-state index in [4.69, 9.17) is 11.6 Å². The fraction of sp³-hybridized carbons (Fsp3) is 0.200. The third kappa shape index (κ3) is 3.63. The van der Waals surface area contributed by atoms with E-state index in [9.17, 15) is 13.2 Å². The van der Waals surface area contributed by atoms with Crippen LogP contribution in [0.2, 0.25) is 5.02 Å². The lowest BCUT2D eigenvalue weighted by atomic mass is 10.2. The maximum Gasteiger partial charge on any atom is 0.263 e. The summed E-state index contributed by atoms with van der Waals surface area (Å²) in [5, 5.41) is 5.20. The van der Waals surface area contributed by atoms with Gasteiger partial charge in [-0.2, -0.15) is 0 Å². The van der Waals surface area contributed by atoms with Crippen LogP contribution >= 0.6 is 22.9 Å². The van der Waals surface area contributed by atoms with Crippen molar-refractivity contribution < 1.29 is 13.2 Å². The number of hydrogen-bond donors (Lipinski definition) is 1. The second-order valence-electron chi connectivity index (χ2n) is 5.18. The van der Waals surface area contributed by atoms with Gasteiger partial charge in [0.2, 0.25) is 0 Å². The summed E-state index contributed by atoms with van der Waals surface area (Å²) >= 11 is 7.14. The van der Waals surface area contributed by atoms with Gasteiger partial charge in [0.1, 0.15) is 9.88 Å². The number of sulfone groups is 1. The predicted octanol–water partition coefficient (Wildman–Crippen LogP) is 2.81. The van der Waals surface area contributed by atoms with Crippen LogP contribution in [0.25, 0.3) is 10.6 Å². The normalized spacial score (nSPS) is 19.0. The van der Waals surface area contributed by atoms with E-state index in [-0.39, 0.29) is 11.7 Å². The van der Waals surface area contributed by atoms with E-state index in [0.29, 0.717) is 15.6 Å². The second-order valence-corrected chi connectivity index (χ2v) is 8.55. The van der Waals surface area contributed by atoms with Crippen LogP contribution in [0.15, 0.2) is 35.7 Å². The van der Waals surface area contributed by atoms with Gasteiger partial charge in [0.05, 0.1) is 17.5 Å². The molecular formula is C15H13ClN2O3S2. The van der Waals surface area contributed by atoms with Gasteiger partial charge < -0.3 is 5.32 Å². The Bertz CT molecular complexity index is 886. The Morgan fingerprint density at radius 1 is 1.35 bits per heavy atom. The van der Waals surface area contributed by atoms with Crippen molar-refractivity contribution in [3.63, 3.8) is 0 Å². The Hall–Kier alpha value is -1.70. The molecule has 1 amide bonds. The van der Waals surface area contributed by atoms with E-state index in [1.807, 2.05) is 12.1 Å². The average Bonchev–Trinajstić information content (AvgIpc) is 3.02. The molecule has 1 aromatic carbocycles. The number of carbonyl (C=O) groups excluding carboxylic acids is 1. The summed E-state index contributed by atoms with van der Waals surface area (Å²) in [4.78, 5) is 17.2. The number of rotatable bonds is 3. The van der Waals surface area contributed by atoms with Crippen LogP contribution in [-0.4, -0.2) is 31.1 Å². The van der Waals surface area contributed by atoms with Gasteiger partial charge >= 0.3 is 0 Å². The van der Waals surface area contributed by atoms with Gasteiger partial charge in [0, 0.05) is 16.0 Å². The van der Waals surface area contributed by atoms with Crippen molar-refractivity contribution in [3.8, 4) is 10.6 Å². The molecule has 1 aromatic heterocycles. The molecule has 2 heterocycles. The Morgan fingerprint density at radius 3 is 2.65 bits per heavy atom. The number of nitrogens with zero attached hydrogens (tertiary/aromatic N) is 1. The van der Waals surface area contributed by atoms with Crippen molar-refractivity contribution in [2.45, 2.75) is 13.0 Å². The van der Waals surface area contributed by atoms with Crippen molar-refractivity contribution >= 4 is 38.7 Å². The summed E-state index contributed by atoms with van der Waals surface area (Å²) in [7, 11) is -3.20. The van der Waals surface area contributed by atoms with Crippen LogP contribution in [0.3, 0.4) is 0 Å². The molecule has 0 saturated carbocycles. The summed E-state index contributed by atoms with van der Waals surface area (Å²) < 4.78 is 22.8. The first kappa shape index (κ1) is 16.2. The highest BCUT2D eigenvalue weighted by Crippen LogP contribution is 2.29. The van der Waals surface area contributed by atoms with Gasteiger partial charge in [-0.05, 0) is 25.1 Å². The molecule has 0 saturated heterocycles. The number of hydrogen-bond acceptors (Lipinski definition) is 5. The van der Waals surface area contributed by atoms with Gasteiger partial charge in [-0.25, -0.2) is 13.4 Å². The highest BCUT2D eigenvalue weighted by Gasteiger charge is 2.25. The maximum atomic E-state index is 12.3. The molecule has 0 aliphatic carbocycles. The molecule has 1 unspecified atom stereocenters. The number of carbonyl (C=O) groups is 1. The number of thiazole rings is 1. The molecular weight excluding hydrogens is 356 g/mol.